The van der Waals surface area contributed by atoms with Crippen molar-refractivity contribution in [1.29, 1.82) is 0 Å². The van der Waals surface area contributed by atoms with Gasteiger partial charge in [0.05, 0.1) is 12.6 Å². The van der Waals surface area contributed by atoms with Gasteiger partial charge in [0.2, 0.25) is 0 Å². The summed E-state index contributed by atoms with van der Waals surface area (Å²) in [5, 5.41) is 10.2. The maximum absolute atomic E-state index is 13.9. The Balaban J connectivity index is 2.10. The molecule has 0 saturated heterocycles. The molecule has 1 aromatic carbocycles. The maximum atomic E-state index is 13.9. The highest BCUT2D eigenvalue weighted by Gasteiger charge is 2.16. The quantitative estimate of drug-likeness (QED) is 0.711. The molecular formula is C20H27FN2O. The molecular weight excluding hydrogens is 303 g/mol. The summed E-state index contributed by atoms with van der Waals surface area (Å²) in [5.74, 6) is 0.0258. The van der Waals surface area contributed by atoms with Crippen molar-refractivity contribution in [2.75, 3.05) is 13.1 Å². The second kappa shape index (κ2) is 8.81. The molecule has 0 radical (unpaired) electrons. The molecule has 0 spiro atoms. The third-order valence-electron chi connectivity index (χ3n) is 4.21. The van der Waals surface area contributed by atoms with Crippen LogP contribution in [0, 0.1) is 11.7 Å². The number of aliphatic hydroxyl groups excluding tert-OH is 1. The smallest absolute Gasteiger partial charge is 0.128 e. The Labute approximate surface area is 144 Å². The average Bonchev–Trinajstić information content (AvgIpc) is 2.96. The normalized spacial score (nSPS) is 12.8. The zero-order valence-corrected chi connectivity index (χ0v) is 14.5. The molecule has 1 aromatic heterocycles. The van der Waals surface area contributed by atoms with Crippen molar-refractivity contribution in [2.45, 2.75) is 33.0 Å². The fraction of sp³-hybridized carbons (Fsp3) is 0.400. The number of aromatic nitrogens is 1. The molecule has 3 nitrogen and oxygen atoms in total. The van der Waals surface area contributed by atoms with Crippen LogP contribution in [0.4, 0.5) is 4.39 Å². The fourth-order valence-electron chi connectivity index (χ4n) is 2.65. The van der Waals surface area contributed by atoms with Gasteiger partial charge < -0.3 is 9.67 Å². The highest BCUT2D eigenvalue weighted by Crippen LogP contribution is 2.14. The number of hydrogen-bond donors (Lipinski definition) is 1. The minimum atomic E-state index is -0.375. The van der Waals surface area contributed by atoms with Crippen molar-refractivity contribution in [3.05, 3.63) is 72.3 Å². The summed E-state index contributed by atoms with van der Waals surface area (Å²) in [6.45, 7) is 10.3. The van der Waals surface area contributed by atoms with E-state index in [4.69, 9.17) is 0 Å². The van der Waals surface area contributed by atoms with Gasteiger partial charge in [-0.3, -0.25) is 4.90 Å². The Morgan fingerprint density at radius 3 is 2.67 bits per heavy atom. The van der Waals surface area contributed by atoms with Gasteiger partial charge in [-0.25, -0.2) is 4.39 Å². The molecule has 1 atom stereocenters. The lowest BCUT2D eigenvalue weighted by Crippen LogP contribution is -2.35. The molecule has 0 aliphatic rings. The van der Waals surface area contributed by atoms with E-state index in [9.17, 15) is 9.50 Å². The van der Waals surface area contributed by atoms with E-state index in [0.717, 1.165) is 5.69 Å². The lowest BCUT2D eigenvalue weighted by molar-refractivity contribution is 0.0772. The molecule has 4 heteroatoms. The lowest BCUT2D eigenvalue weighted by Gasteiger charge is -2.26. The van der Waals surface area contributed by atoms with Crippen LogP contribution in [0.3, 0.4) is 0 Å². The van der Waals surface area contributed by atoms with Crippen LogP contribution in [0.15, 0.2) is 55.3 Å². The van der Waals surface area contributed by atoms with Gasteiger partial charge in [0, 0.05) is 37.1 Å². The Kier molecular flexibility index (Phi) is 6.76. The molecule has 130 valence electrons. The molecule has 0 amide bonds. The van der Waals surface area contributed by atoms with Gasteiger partial charge in [0.25, 0.3) is 0 Å². The number of rotatable bonds is 9. The summed E-state index contributed by atoms with van der Waals surface area (Å²) in [5.41, 5.74) is 1.77. The Morgan fingerprint density at radius 1 is 1.25 bits per heavy atom. The predicted octanol–water partition coefficient (Wildman–Crippen LogP) is 3.68. The minimum Gasteiger partial charge on any atom is -0.392 e. The Hall–Kier alpha value is -1.91. The average molecular weight is 330 g/mol. The molecule has 0 aliphatic carbocycles. The lowest BCUT2D eigenvalue weighted by atomic mass is 10.1. The van der Waals surface area contributed by atoms with Crippen molar-refractivity contribution in [2.24, 2.45) is 5.92 Å². The zero-order valence-electron chi connectivity index (χ0n) is 14.5. The molecule has 0 fully saturated rings. The molecule has 24 heavy (non-hydrogen) atoms. The first kappa shape index (κ1) is 18.4. The van der Waals surface area contributed by atoms with Crippen molar-refractivity contribution < 1.29 is 9.50 Å². The number of benzene rings is 1. The first-order chi connectivity index (χ1) is 11.5. The third kappa shape index (κ3) is 5.05. The molecule has 0 unspecified atom stereocenters. The molecule has 0 saturated carbocycles. The predicted molar refractivity (Wildman–Crippen MR) is 96.3 cm³/mol. The largest absolute Gasteiger partial charge is 0.392 e. The molecule has 2 rings (SSSR count). The van der Waals surface area contributed by atoms with Crippen LogP contribution < -0.4 is 0 Å². The standard InChI is InChI=1S/C20H27FN2O/c1-4-11-22(15-20(24)16(2)3)14-18-9-7-12-23(18)13-17-8-5-6-10-19(17)21/h4-10,12,16,20,24H,1,11,13-15H2,2-3H3/t20-/m0/s1. The SMILES string of the molecule is C=CCN(Cc1cccn1Cc1ccccc1F)C[C@H](O)C(C)C. The summed E-state index contributed by atoms with van der Waals surface area (Å²) in [4.78, 5) is 2.16. The van der Waals surface area contributed by atoms with Crippen molar-refractivity contribution >= 4 is 0 Å². The highest BCUT2D eigenvalue weighted by atomic mass is 19.1. The van der Waals surface area contributed by atoms with Crippen LogP contribution in [0.2, 0.25) is 0 Å². The molecule has 2 aromatic rings. The molecule has 0 aliphatic heterocycles. The Morgan fingerprint density at radius 2 is 2.00 bits per heavy atom. The third-order valence-corrected chi connectivity index (χ3v) is 4.21. The second-order valence-corrected chi connectivity index (χ2v) is 6.51. The van der Waals surface area contributed by atoms with E-state index in [1.54, 1.807) is 6.07 Å². The van der Waals surface area contributed by atoms with Gasteiger partial charge in [0.15, 0.2) is 0 Å². The van der Waals surface area contributed by atoms with Gasteiger partial charge in [-0.2, -0.15) is 0 Å². The van der Waals surface area contributed by atoms with E-state index in [0.29, 0.717) is 31.7 Å². The minimum absolute atomic E-state index is 0.185. The first-order valence-corrected chi connectivity index (χ1v) is 8.40. The number of nitrogens with zero attached hydrogens (tertiary/aromatic N) is 2. The van der Waals surface area contributed by atoms with E-state index >= 15 is 0 Å². The maximum Gasteiger partial charge on any atom is 0.128 e. The van der Waals surface area contributed by atoms with Crippen LogP contribution in [0.1, 0.15) is 25.1 Å². The summed E-state index contributed by atoms with van der Waals surface area (Å²) in [7, 11) is 0. The highest BCUT2D eigenvalue weighted by molar-refractivity contribution is 5.19. The number of aliphatic hydroxyl groups is 1. The molecule has 1 N–H and O–H groups in total. The second-order valence-electron chi connectivity index (χ2n) is 6.51. The fourth-order valence-corrected chi connectivity index (χ4v) is 2.65. The molecule has 0 bridgehead atoms. The Bertz CT molecular complexity index is 651. The number of halogens is 1. The van der Waals surface area contributed by atoms with Gasteiger partial charge in [-0.05, 0) is 24.1 Å². The van der Waals surface area contributed by atoms with Crippen molar-refractivity contribution in [3.8, 4) is 0 Å². The van der Waals surface area contributed by atoms with Gasteiger partial charge in [-0.15, -0.1) is 6.58 Å². The summed E-state index contributed by atoms with van der Waals surface area (Å²) in [6.07, 6.45) is 3.43. The van der Waals surface area contributed by atoms with Gasteiger partial charge >= 0.3 is 0 Å². The van der Waals surface area contributed by atoms with E-state index < -0.39 is 0 Å². The van der Waals surface area contributed by atoms with Crippen LogP contribution in [-0.2, 0) is 13.1 Å². The number of hydrogen-bond acceptors (Lipinski definition) is 2. The van der Waals surface area contributed by atoms with Crippen LogP contribution in [-0.4, -0.2) is 33.8 Å². The topological polar surface area (TPSA) is 28.4 Å². The summed E-state index contributed by atoms with van der Waals surface area (Å²) in [6, 6.07) is 10.9. The van der Waals surface area contributed by atoms with Crippen molar-refractivity contribution in [3.63, 3.8) is 0 Å². The van der Waals surface area contributed by atoms with Gasteiger partial charge in [0.1, 0.15) is 5.82 Å². The van der Waals surface area contributed by atoms with Gasteiger partial charge in [-0.1, -0.05) is 38.1 Å². The van der Waals surface area contributed by atoms with E-state index in [1.165, 1.54) is 6.07 Å². The van der Waals surface area contributed by atoms with Crippen molar-refractivity contribution in [1.82, 2.24) is 9.47 Å². The van der Waals surface area contributed by atoms with E-state index in [1.807, 2.05) is 50.4 Å². The van der Waals surface area contributed by atoms with Crippen LogP contribution >= 0.6 is 0 Å². The first-order valence-electron chi connectivity index (χ1n) is 8.40. The van der Waals surface area contributed by atoms with Crippen LogP contribution in [0.5, 0.6) is 0 Å². The zero-order chi connectivity index (χ0) is 17.5. The monoisotopic (exact) mass is 330 g/mol. The van der Waals surface area contributed by atoms with Crippen LogP contribution in [0.25, 0.3) is 0 Å². The van der Waals surface area contributed by atoms with E-state index in [2.05, 4.69) is 16.0 Å². The summed E-state index contributed by atoms with van der Waals surface area (Å²) < 4.78 is 15.9. The summed E-state index contributed by atoms with van der Waals surface area (Å²) >= 11 is 0. The molecule has 1 heterocycles. The van der Waals surface area contributed by atoms with E-state index in [-0.39, 0.29) is 17.8 Å².